The molecule has 2 fully saturated rings. The lowest BCUT2D eigenvalue weighted by Crippen LogP contribution is -2.62. The van der Waals surface area contributed by atoms with Crippen LogP contribution in [0.4, 0.5) is 8.78 Å². The topological polar surface area (TPSA) is 85.0 Å². The lowest BCUT2D eigenvalue weighted by atomic mass is 9.58. The molecule has 1 amide bonds. The van der Waals surface area contributed by atoms with E-state index in [0.29, 0.717) is 45.5 Å². The van der Waals surface area contributed by atoms with Crippen LogP contribution < -0.4 is 10.5 Å². The van der Waals surface area contributed by atoms with Gasteiger partial charge in [-0.1, -0.05) is 12.1 Å². The van der Waals surface area contributed by atoms with Gasteiger partial charge >= 0.3 is 6.61 Å². The van der Waals surface area contributed by atoms with Crippen molar-refractivity contribution in [1.82, 2.24) is 4.90 Å². The van der Waals surface area contributed by atoms with Crippen molar-refractivity contribution in [1.29, 1.82) is 0 Å². The first-order chi connectivity index (χ1) is 12.5. The summed E-state index contributed by atoms with van der Waals surface area (Å²) in [5, 5.41) is 10.3. The highest BCUT2D eigenvalue weighted by Gasteiger charge is 2.56. The zero-order chi connectivity index (χ0) is 18.7. The number of ether oxygens (including phenoxy) is 2. The second-order valence-corrected chi connectivity index (χ2v) is 6.80. The van der Waals surface area contributed by atoms with Crippen LogP contribution in [-0.2, 0) is 4.74 Å². The predicted octanol–water partition coefficient (Wildman–Crippen LogP) is 1.62. The molecule has 3 N–H and O–H groups in total. The van der Waals surface area contributed by atoms with Gasteiger partial charge in [0.15, 0.2) is 0 Å². The predicted molar refractivity (Wildman–Crippen MR) is 90.1 cm³/mol. The number of alkyl halides is 2. The standard InChI is InChI=1S/C18H24F2N2O4/c19-17(20)26-13-4-2-1-3-12(13)16(24)22-8-5-18(6-9-22)14(23)11-15(18)25-10-7-21/h1-4,14-15,17,23H,5-11,21H2/t14-,15+/m0/s1. The van der Waals surface area contributed by atoms with Gasteiger partial charge in [-0.15, -0.1) is 0 Å². The minimum atomic E-state index is -2.99. The lowest BCUT2D eigenvalue weighted by molar-refractivity contribution is -0.208. The Balaban J connectivity index is 1.66. The van der Waals surface area contributed by atoms with Gasteiger partial charge in [-0.05, 0) is 25.0 Å². The molecule has 0 unspecified atom stereocenters. The molecule has 1 heterocycles. The summed E-state index contributed by atoms with van der Waals surface area (Å²) in [7, 11) is 0. The maximum absolute atomic E-state index is 12.7. The molecule has 1 spiro atoms. The van der Waals surface area contributed by atoms with Crippen molar-refractivity contribution < 1.29 is 28.2 Å². The molecular weight excluding hydrogens is 346 g/mol. The Bertz CT molecular complexity index is 635. The van der Waals surface area contributed by atoms with E-state index >= 15 is 0 Å². The van der Waals surface area contributed by atoms with Crippen LogP contribution in [-0.4, -0.2) is 61.0 Å². The van der Waals surface area contributed by atoms with Gasteiger partial charge in [0, 0.05) is 31.5 Å². The fourth-order valence-electron chi connectivity index (χ4n) is 3.96. The van der Waals surface area contributed by atoms with E-state index in [4.69, 9.17) is 10.5 Å². The number of piperidine rings is 1. The summed E-state index contributed by atoms with van der Waals surface area (Å²) in [4.78, 5) is 14.4. The maximum atomic E-state index is 12.7. The minimum Gasteiger partial charge on any atom is -0.434 e. The first-order valence-electron chi connectivity index (χ1n) is 8.81. The second kappa shape index (κ2) is 7.85. The van der Waals surface area contributed by atoms with Gasteiger partial charge in [0.2, 0.25) is 0 Å². The number of rotatable bonds is 6. The SMILES string of the molecule is NCCO[C@@H]1C[C@H](O)C12CCN(C(=O)c1ccccc1OC(F)F)CC2. The second-order valence-electron chi connectivity index (χ2n) is 6.80. The van der Waals surface area contributed by atoms with Gasteiger partial charge in [-0.2, -0.15) is 8.78 Å². The Kier molecular flexibility index (Phi) is 5.74. The summed E-state index contributed by atoms with van der Waals surface area (Å²) in [6, 6.07) is 6.00. The van der Waals surface area contributed by atoms with E-state index in [2.05, 4.69) is 4.74 Å². The number of carbonyl (C=O) groups is 1. The number of likely N-dealkylation sites (tertiary alicyclic amines) is 1. The number of hydrogen-bond donors (Lipinski definition) is 2. The van der Waals surface area contributed by atoms with E-state index in [1.807, 2.05) is 0 Å². The van der Waals surface area contributed by atoms with E-state index in [-0.39, 0.29) is 28.7 Å². The van der Waals surface area contributed by atoms with Crippen LogP contribution in [0.3, 0.4) is 0 Å². The highest BCUT2D eigenvalue weighted by Crippen LogP contribution is 2.51. The molecule has 0 aromatic heterocycles. The number of aliphatic hydroxyl groups excluding tert-OH is 1. The van der Waals surface area contributed by atoms with E-state index in [1.165, 1.54) is 12.1 Å². The Hall–Kier alpha value is -1.77. The van der Waals surface area contributed by atoms with Gasteiger partial charge in [-0.3, -0.25) is 4.79 Å². The summed E-state index contributed by atoms with van der Waals surface area (Å²) < 4.78 is 35.3. The number of aliphatic hydroxyl groups is 1. The van der Waals surface area contributed by atoms with Crippen LogP contribution in [0.15, 0.2) is 24.3 Å². The molecule has 2 aliphatic rings. The molecule has 8 heteroatoms. The number of para-hydroxylation sites is 1. The van der Waals surface area contributed by atoms with E-state index in [1.54, 1.807) is 17.0 Å². The molecule has 1 aromatic carbocycles. The number of nitrogens with zero attached hydrogens (tertiary/aromatic N) is 1. The molecular formula is C18H24F2N2O4. The lowest BCUT2D eigenvalue weighted by Gasteiger charge is -2.56. The normalized spacial score (nSPS) is 24.6. The van der Waals surface area contributed by atoms with E-state index in [9.17, 15) is 18.7 Å². The average molecular weight is 370 g/mol. The molecule has 1 aliphatic heterocycles. The van der Waals surface area contributed by atoms with Gasteiger partial charge in [-0.25, -0.2) is 0 Å². The van der Waals surface area contributed by atoms with Crippen molar-refractivity contribution in [2.45, 2.75) is 38.1 Å². The van der Waals surface area contributed by atoms with Crippen molar-refractivity contribution in [2.24, 2.45) is 11.1 Å². The Morgan fingerprint density at radius 3 is 2.65 bits per heavy atom. The molecule has 1 saturated heterocycles. The van der Waals surface area contributed by atoms with Crippen molar-refractivity contribution >= 4 is 5.91 Å². The van der Waals surface area contributed by atoms with Crippen molar-refractivity contribution in [2.75, 3.05) is 26.2 Å². The summed E-state index contributed by atoms with van der Waals surface area (Å²) in [5.74, 6) is -0.468. The molecule has 26 heavy (non-hydrogen) atoms. The van der Waals surface area contributed by atoms with Crippen molar-refractivity contribution in [3.8, 4) is 5.75 Å². The van der Waals surface area contributed by atoms with Gasteiger partial charge < -0.3 is 25.2 Å². The highest BCUT2D eigenvalue weighted by molar-refractivity contribution is 5.97. The Labute approximate surface area is 150 Å². The van der Waals surface area contributed by atoms with Crippen LogP contribution in [0.5, 0.6) is 5.75 Å². The minimum absolute atomic E-state index is 0.0484. The molecule has 0 radical (unpaired) electrons. The quantitative estimate of drug-likeness (QED) is 0.795. The largest absolute Gasteiger partial charge is 0.434 e. The van der Waals surface area contributed by atoms with Crippen LogP contribution >= 0.6 is 0 Å². The molecule has 0 bridgehead atoms. The highest BCUT2D eigenvalue weighted by atomic mass is 19.3. The van der Waals surface area contributed by atoms with Crippen LogP contribution in [0.1, 0.15) is 29.6 Å². The monoisotopic (exact) mass is 370 g/mol. The van der Waals surface area contributed by atoms with Crippen molar-refractivity contribution in [3.63, 3.8) is 0 Å². The van der Waals surface area contributed by atoms with Gasteiger partial charge in [0.25, 0.3) is 5.91 Å². The third kappa shape index (κ3) is 3.54. The number of nitrogens with two attached hydrogens (primary N) is 1. The zero-order valence-electron chi connectivity index (χ0n) is 14.4. The average Bonchev–Trinajstić information content (AvgIpc) is 2.64. The summed E-state index contributed by atoms with van der Waals surface area (Å²) in [6.45, 7) is -1.25. The number of amides is 1. The molecule has 144 valence electrons. The maximum Gasteiger partial charge on any atom is 0.387 e. The van der Waals surface area contributed by atoms with Crippen molar-refractivity contribution in [3.05, 3.63) is 29.8 Å². The molecule has 2 atom stereocenters. The number of carbonyl (C=O) groups excluding carboxylic acids is 1. The number of halogens is 2. The van der Waals surface area contributed by atoms with Crippen LogP contribution in [0.25, 0.3) is 0 Å². The van der Waals surface area contributed by atoms with E-state index in [0.717, 1.165) is 0 Å². The molecule has 1 aromatic rings. The molecule has 1 saturated carbocycles. The first-order valence-corrected chi connectivity index (χ1v) is 8.81. The molecule has 1 aliphatic carbocycles. The fourth-order valence-corrected chi connectivity index (χ4v) is 3.96. The molecule has 6 nitrogen and oxygen atoms in total. The van der Waals surface area contributed by atoms with Crippen LogP contribution in [0, 0.1) is 5.41 Å². The Morgan fingerprint density at radius 2 is 2.04 bits per heavy atom. The third-order valence-electron chi connectivity index (χ3n) is 5.49. The van der Waals surface area contributed by atoms with Gasteiger partial charge in [0.1, 0.15) is 5.75 Å². The van der Waals surface area contributed by atoms with Crippen LogP contribution in [0.2, 0.25) is 0 Å². The fraction of sp³-hybridized carbons (Fsp3) is 0.611. The summed E-state index contributed by atoms with van der Waals surface area (Å²) in [6.07, 6.45) is 1.30. The van der Waals surface area contributed by atoms with Gasteiger partial charge in [0.05, 0.1) is 24.4 Å². The smallest absolute Gasteiger partial charge is 0.387 e. The first kappa shape index (κ1) is 19.0. The number of benzene rings is 1. The third-order valence-corrected chi connectivity index (χ3v) is 5.49. The summed E-state index contributed by atoms with van der Waals surface area (Å²) in [5.41, 5.74) is 5.25. The summed E-state index contributed by atoms with van der Waals surface area (Å²) >= 11 is 0. The Morgan fingerprint density at radius 1 is 1.35 bits per heavy atom. The van der Waals surface area contributed by atoms with E-state index < -0.39 is 12.7 Å². The molecule has 3 rings (SSSR count). The number of hydrogen-bond acceptors (Lipinski definition) is 5. The zero-order valence-corrected chi connectivity index (χ0v) is 14.4.